The summed E-state index contributed by atoms with van der Waals surface area (Å²) in [5, 5.41) is 0. The van der Waals surface area contributed by atoms with E-state index in [0.717, 1.165) is 11.3 Å². The normalized spacial score (nSPS) is 14.5. The highest BCUT2D eigenvalue weighted by molar-refractivity contribution is 5.71. The van der Waals surface area contributed by atoms with Crippen molar-refractivity contribution in [1.82, 2.24) is 15.8 Å². The second kappa shape index (κ2) is 3.09. The predicted octanol–water partition coefficient (Wildman–Crippen LogP) is 1.04. The van der Waals surface area contributed by atoms with Crippen LogP contribution in [-0.2, 0) is 0 Å². The fourth-order valence-electron chi connectivity index (χ4n) is 1.04. The van der Waals surface area contributed by atoms with Gasteiger partial charge < -0.3 is 10.9 Å². The lowest BCUT2D eigenvalue weighted by Gasteiger charge is -2.08. The first-order valence-electron chi connectivity index (χ1n) is 3.76. The maximum atomic E-state index is 4.22. The molecule has 0 atom stereocenters. The number of hydrogen-bond acceptors (Lipinski definition) is 3. The molecular formula is C9H9N3. The molecule has 0 spiro atoms. The van der Waals surface area contributed by atoms with Crippen LogP contribution >= 0.6 is 0 Å². The van der Waals surface area contributed by atoms with Crippen molar-refractivity contribution >= 4 is 5.57 Å². The molecular weight excluding hydrogens is 150 g/mol. The molecule has 0 aromatic carbocycles. The number of pyridine rings is 1. The molecule has 3 heteroatoms. The summed E-state index contributed by atoms with van der Waals surface area (Å²) in [6.07, 6.45) is 7.47. The Morgan fingerprint density at radius 3 is 2.83 bits per heavy atom. The van der Waals surface area contributed by atoms with Crippen LogP contribution in [0, 0.1) is 0 Å². The quantitative estimate of drug-likeness (QED) is 0.643. The van der Waals surface area contributed by atoms with E-state index < -0.39 is 0 Å². The molecule has 0 fully saturated rings. The van der Waals surface area contributed by atoms with Crippen LogP contribution < -0.4 is 10.9 Å². The van der Waals surface area contributed by atoms with E-state index in [1.807, 2.05) is 36.7 Å². The largest absolute Gasteiger partial charge is 0.309 e. The number of hydrogen-bond donors (Lipinski definition) is 2. The number of nitrogens with one attached hydrogen (secondary N) is 2. The van der Waals surface area contributed by atoms with Gasteiger partial charge in [0.15, 0.2) is 0 Å². The average molecular weight is 159 g/mol. The van der Waals surface area contributed by atoms with E-state index in [-0.39, 0.29) is 0 Å². The molecule has 3 nitrogen and oxygen atoms in total. The summed E-state index contributed by atoms with van der Waals surface area (Å²) in [6.45, 7) is 0. The number of rotatable bonds is 1. The highest BCUT2D eigenvalue weighted by Crippen LogP contribution is 2.11. The zero-order chi connectivity index (χ0) is 8.23. The van der Waals surface area contributed by atoms with Crippen molar-refractivity contribution < 1.29 is 0 Å². The Balaban J connectivity index is 2.31. The van der Waals surface area contributed by atoms with Gasteiger partial charge in [-0.1, -0.05) is 6.07 Å². The number of aromatic nitrogens is 1. The van der Waals surface area contributed by atoms with Crippen LogP contribution in [-0.4, -0.2) is 4.98 Å². The Morgan fingerprint density at radius 1 is 1.17 bits per heavy atom. The van der Waals surface area contributed by atoms with Gasteiger partial charge in [0.05, 0.1) is 5.69 Å². The topological polar surface area (TPSA) is 37.0 Å². The second-order valence-corrected chi connectivity index (χ2v) is 2.44. The number of hydrazine groups is 1. The van der Waals surface area contributed by atoms with Crippen LogP contribution in [0.15, 0.2) is 42.9 Å². The lowest BCUT2D eigenvalue weighted by molar-refractivity contribution is 0.770. The highest BCUT2D eigenvalue weighted by atomic mass is 15.3. The predicted molar refractivity (Wildman–Crippen MR) is 47.6 cm³/mol. The van der Waals surface area contributed by atoms with Gasteiger partial charge in [0.25, 0.3) is 0 Å². The minimum atomic E-state index is 0.975. The maximum Gasteiger partial charge on any atom is 0.0717 e. The molecule has 0 aliphatic carbocycles. The molecule has 1 aliphatic heterocycles. The van der Waals surface area contributed by atoms with E-state index in [1.54, 1.807) is 6.20 Å². The summed E-state index contributed by atoms with van der Waals surface area (Å²) in [5.41, 5.74) is 7.80. The molecule has 0 radical (unpaired) electrons. The summed E-state index contributed by atoms with van der Waals surface area (Å²) in [4.78, 5) is 4.22. The van der Waals surface area contributed by atoms with Crippen LogP contribution in [0.25, 0.3) is 5.57 Å². The van der Waals surface area contributed by atoms with Crippen molar-refractivity contribution in [3.8, 4) is 0 Å². The molecule has 1 aromatic rings. The third-order valence-corrected chi connectivity index (χ3v) is 1.62. The summed E-state index contributed by atoms with van der Waals surface area (Å²) in [5.74, 6) is 0. The van der Waals surface area contributed by atoms with Gasteiger partial charge in [0, 0.05) is 24.2 Å². The molecule has 0 saturated carbocycles. The first-order valence-corrected chi connectivity index (χ1v) is 3.76. The van der Waals surface area contributed by atoms with Gasteiger partial charge in [-0.15, -0.1) is 0 Å². The average Bonchev–Trinajstić information content (AvgIpc) is 2.21. The Morgan fingerprint density at radius 2 is 2.17 bits per heavy atom. The molecule has 0 amide bonds. The van der Waals surface area contributed by atoms with Crippen molar-refractivity contribution in [3.63, 3.8) is 0 Å². The Bertz CT molecular complexity index is 314. The third kappa shape index (κ3) is 1.29. The minimum Gasteiger partial charge on any atom is -0.309 e. The second-order valence-electron chi connectivity index (χ2n) is 2.44. The van der Waals surface area contributed by atoms with Crippen molar-refractivity contribution in [2.24, 2.45) is 0 Å². The van der Waals surface area contributed by atoms with Crippen molar-refractivity contribution in [2.45, 2.75) is 0 Å². The van der Waals surface area contributed by atoms with E-state index in [0.29, 0.717) is 0 Å². The van der Waals surface area contributed by atoms with Gasteiger partial charge in [0.1, 0.15) is 0 Å². The first-order chi connectivity index (χ1) is 5.97. The molecule has 0 bridgehead atoms. The summed E-state index contributed by atoms with van der Waals surface area (Å²) in [6, 6.07) is 5.85. The van der Waals surface area contributed by atoms with Crippen molar-refractivity contribution in [3.05, 3.63) is 48.6 Å². The fourth-order valence-corrected chi connectivity index (χ4v) is 1.04. The van der Waals surface area contributed by atoms with Crippen molar-refractivity contribution in [2.75, 3.05) is 0 Å². The summed E-state index contributed by atoms with van der Waals surface area (Å²) in [7, 11) is 0. The first kappa shape index (κ1) is 6.91. The zero-order valence-electron chi connectivity index (χ0n) is 6.49. The minimum absolute atomic E-state index is 0.975. The molecule has 1 aliphatic rings. The third-order valence-electron chi connectivity index (χ3n) is 1.62. The van der Waals surface area contributed by atoms with Crippen LogP contribution in [0.5, 0.6) is 0 Å². The van der Waals surface area contributed by atoms with E-state index in [9.17, 15) is 0 Å². The molecule has 2 rings (SSSR count). The monoisotopic (exact) mass is 159 g/mol. The maximum absolute atomic E-state index is 4.22. The summed E-state index contributed by atoms with van der Waals surface area (Å²) < 4.78 is 0. The molecule has 2 heterocycles. The number of allylic oxidation sites excluding steroid dienone is 2. The Hall–Kier alpha value is -1.77. The fraction of sp³-hybridized carbons (Fsp3) is 0. The molecule has 60 valence electrons. The van der Waals surface area contributed by atoms with Crippen LogP contribution in [0.3, 0.4) is 0 Å². The van der Waals surface area contributed by atoms with Crippen LogP contribution in [0.2, 0.25) is 0 Å². The van der Waals surface area contributed by atoms with Gasteiger partial charge in [0.2, 0.25) is 0 Å². The molecule has 12 heavy (non-hydrogen) atoms. The highest BCUT2D eigenvalue weighted by Gasteiger charge is 1.99. The molecule has 0 unspecified atom stereocenters. The SMILES string of the molecule is C1=CC(c2ccccn2)=CNN1. The van der Waals surface area contributed by atoms with Gasteiger partial charge in [-0.3, -0.25) is 4.98 Å². The van der Waals surface area contributed by atoms with E-state index >= 15 is 0 Å². The van der Waals surface area contributed by atoms with Crippen LogP contribution in [0.4, 0.5) is 0 Å². The molecule has 0 saturated heterocycles. The lowest BCUT2D eigenvalue weighted by atomic mass is 10.2. The lowest BCUT2D eigenvalue weighted by Crippen LogP contribution is -2.23. The Labute approximate surface area is 70.8 Å². The van der Waals surface area contributed by atoms with Gasteiger partial charge >= 0.3 is 0 Å². The Kier molecular flexibility index (Phi) is 1.78. The van der Waals surface area contributed by atoms with Gasteiger partial charge in [-0.2, -0.15) is 0 Å². The smallest absolute Gasteiger partial charge is 0.0717 e. The van der Waals surface area contributed by atoms with Gasteiger partial charge in [-0.05, 0) is 18.2 Å². The standard InChI is InChI=1S/C9H9N3/c1-2-5-10-9(3-1)8-4-6-11-12-7-8/h1-7,11-12H. The molecule has 1 aromatic heterocycles. The van der Waals surface area contributed by atoms with Crippen molar-refractivity contribution in [1.29, 1.82) is 0 Å². The summed E-state index contributed by atoms with van der Waals surface area (Å²) >= 11 is 0. The van der Waals surface area contributed by atoms with E-state index in [2.05, 4.69) is 15.8 Å². The van der Waals surface area contributed by atoms with E-state index in [4.69, 9.17) is 0 Å². The van der Waals surface area contributed by atoms with E-state index in [1.165, 1.54) is 0 Å². The number of nitrogens with zero attached hydrogens (tertiary/aromatic N) is 1. The van der Waals surface area contributed by atoms with Crippen LogP contribution in [0.1, 0.15) is 5.69 Å². The van der Waals surface area contributed by atoms with Gasteiger partial charge in [-0.25, -0.2) is 0 Å². The molecule has 2 N–H and O–H groups in total. The zero-order valence-corrected chi connectivity index (χ0v) is 6.49.